The van der Waals surface area contributed by atoms with Crippen LogP contribution in [0, 0.1) is 0 Å². The molecule has 0 spiro atoms. The Balaban J connectivity index is 1.61. The molecule has 1 amide bonds. The van der Waals surface area contributed by atoms with Crippen LogP contribution in [0.15, 0.2) is 78.9 Å². The molecule has 0 aliphatic carbocycles. The monoisotopic (exact) mass is 500 g/mol. The molecule has 6 rings (SSSR count). The van der Waals surface area contributed by atoms with Crippen molar-refractivity contribution in [3.05, 3.63) is 100 Å². The summed E-state index contributed by atoms with van der Waals surface area (Å²) >= 11 is 12.4. The van der Waals surface area contributed by atoms with Crippen LogP contribution >= 0.6 is 23.2 Å². The Morgan fingerprint density at radius 2 is 1.66 bits per heavy atom. The summed E-state index contributed by atoms with van der Waals surface area (Å²) < 4.78 is 4.08. The van der Waals surface area contributed by atoms with E-state index in [0.29, 0.717) is 21.4 Å². The van der Waals surface area contributed by atoms with E-state index in [1.807, 2.05) is 59.1 Å². The van der Waals surface area contributed by atoms with Crippen LogP contribution in [0.5, 0.6) is 0 Å². The van der Waals surface area contributed by atoms with E-state index in [1.165, 1.54) is 0 Å². The number of carbonyl (C=O) groups is 1. The number of benzene rings is 3. The lowest BCUT2D eigenvalue weighted by molar-refractivity contribution is 0.102. The second-order valence-electron chi connectivity index (χ2n) is 8.71. The SMILES string of the molecule is O=C(Nc1cccc(Cl)c1)c1c(-c2ccc(Cl)cc2)c2c3n(c(-c4ccccc4)nn13)CCCC2. The van der Waals surface area contributed by atoms with Crippen molar-refractivity contribution in [1.82, 2.24) is 14.2 Å². The van der Waals surface area contributed by atoms with Gasteiger partial charge in [-0.3, -0.25) is 4.79 Å². The summed E-state index contributed by atoms with van der Waals surface area (Å²) in [6.07, 6.45) is 2.95. The molecule has 0 atom stereocenters. The molecule has 0 fully saturated rings. The van der Waals surface area contributed by atoms with Crippen molar-refractivity contribution in [2.24, 2.45) is 0 Å². The second kappa shape index (κ2) is 8.91. The predicted octanol–water partition coefficient (Wildman–Crippen LogP) is 7.37. The lowest BCUT2D eigenvalue weighted by Gasteiger charge is -2.10. The average Bonchev–Trinajstić information content (AvgIpc) is 3.28. The molecular weight excluding hydrogens is 479 g/mol. The van der Waals surface area contributed by atoms with Gasteiger partial charge >= 0.3 is 0 Å². The summed E-state index contributed by atoms with van der Waals surface area (Å²) in [7, 11) is 0. The van der Waals surface area contributed by atoms with Crippen LogP contribution in [0.2, 0.25) is 10.0 Å². The average molecular weight is 501 g/mol. The third-order valence-electron chi connectivity index (χ3n) is 6.45. The van der Waals surface area contributed by atoms with Crippen molar-refractivity contribution < 1.29 is 4.79 Å². The fourth-order valence-corrected chi connectivity index (χ4v) is 5.25. The van der Waals surface area contributed by atoms with Crippen LogP contribution in [0.3, 0.4) is 0 Å². The number of hydrogen-bond donors (Lipinski definition) is 1. The summed E-state index contributed by atoms with van der Waals surface area (Å²) in [6.45, 7) is 0.847. The van der Waals surface area contributed by atoms with Gasteiger partial charge < -0.3 is 9.88 Å². The smallest absolute Gasteiger partial charge is 0.275 e. The molecule has 35 heavy (non-hydrogen) atoms. The number of halogens is 2. The lowest BCUT2D eigenvalue weighted by atomic mass is 9.98. The van der Waals surface area contributed by atoms with Gasteiger partial charge in [0, 0.05) is 39.0 Å². The zero-order chi connectivity index (χ0) is 23.9. The third-order valence-corrected chi connectivity index (χ3v) is 6.94. The van der Waals surface area contributed by atoms with E-state index in [9.17, 15) is 4.79 Å². The van der Waals surface area contributed by atoms with Gasteiger partial charge in [0.25, 0.3) is 5.91 Å². The van der Waals surface area contributed by atoms with Crippen molar-refractivity contribution in [1.29, 1.82) is 0 Å². The first kappa shape index (κ1) is 22.0. The fourth-order valence-electron chi connectivity index (χ4n) is 4.93. The molecule has 1 aliphatic heterocycles. The maximum atomic E-state index is 13.8. The summed E-state index contributed by atoms with van der Waals surface area (Å²) in [5.74, 6) is 0.631. The van der Waals surface area contributed by atoms with Crippen molar-refractivity contribution in [3.63, 3.8) is 0 Å². The van der Waals surface area contributed by atoms with E-state index < -0.39 is 0 Å². The van der Waals surface area contributed by atoms with Crippen molar-refractivity contribution in [2.75, 3.05) is 5.32 Å². The van der Waals surface area contributed by atoms with Crippen LogP contribution in [0.1, 0.15) is 28.9 Å². The first-order chi connectivity index (χ1) is 17.1. The van der Waals surface area contributed by atoms with Gasteiger partial charge in [-0.05, 0) is 55.2 Å². The number of carbonyl (C=O) groups excluding carboxylic acids is 1. The highest BCUT2D eigenvalue weighted by Crippen LogP contribution is 2.39. The molecule has 3 aromatic carbocycles. The molecular formula is C28H22Cl2N4O. The minimum atomic E-state index is -0.233. The Morgan fingerprint density at radius 3 is 2.43 bits per heavy atom. The van der Waals surface area contributed by atoms with E-state index in [2.05, 4.69) is 22.0 Å². The maximum Gasteiger partial charge on any atom is 0.275 e. The van der Waals surface area contributed by atoms with E-state index >= 15 is 0 Å². The number of rotatable bonds is 4. The molecule has 3 heterocycles. The Morgan fingerprint density at radius 1 is 0.857 bits per heavy atom. The van der Waals surface area contributed by atoms with Crippen LogP contribution in [-0.2, 0) is 13.0 Å². The minimum absolute atomic E-state index is 0.233. The Bertz CT molecular complexity index is 1550. The van der Waals surface area contributed by atoms with Gasteiger partial charge in [0.1, 0.15) is 11.3 Å². The zero-order valence-corrected chi connectivity index (χ0v) is 20.4. The normalized spacial score (nSPS) is 13.1. The maximum absolute atomic E-state index is 13.8. The standard InChI is InChI=1S/C28H22Cl2N4O/c29-20-14-12-18(13-15-20)24-23-11-4-5-16-33-26(19-7-2-1-3-8-19)32-34(28(23)33)25(24)27(35)31-22-10-6-9-21(30)17-22/h1-3,6-10,12-15,17H,4-5,11,16H2,(H,31,35). The number of hydrogen-bond acceptors (Lipinski definition) is 2. The van der Waals surface area contributed by atoms with Crippen molar-refractivity contribution in [2.45, 2.75) is 25.8 Å². The van der Waals surface area contributed by atoms with E-state index in [0.717, 1.165) is 59.5 Å². The number of aryl methyl sites for hydroxylation is 2. The van der Waals surface area contributed by atoms with E-state index in [1.54, 1.807) is 12.1 Å². The predicted molar refractivity (Wildman–Crippen MR) is 141 cm³/mol. The fraction of sp³-hybridized carbons (Fsp3) is 0.143. The van der Waals surface area contributed by atoms with Crippen LogP contribution < -0.4 is 5.32 Å². The lowest BCUT2D eigenvalue weighted by Crippen LogP contribution is -2.16. The third kappa shape index (κ3) is 3.91. The largest absolute Gasteiger partial charge is 0.321 e. The molecule has 0 saturated carbocycles. The summed E-state index contributed by atoms with van der Waals surface area (Å²) in [5.41, 5.74) is 6.13. The van der Waals surface area contributed by atoms with Gasteiger partial charge in [-0.2, -0.15) is 0 Å². The molecule has 174 valence electrons. The molecule has 0 saturated heterocycles. The summed E-state index contributed by atoms with van der Waals surface area (Å²) in [6, 6.07) is 25.0. The Kier molecular flexibility index (Phi) is 5.59. The molecule has 1 N–H and O–H groups in total. The molecule has 5 aromatic rings. The van der Waals surface area contributed by atoms with E-state index in [-0.39, 0.29) is 5.91 Å². The number of nitrogens with one attached hydrogen (secondary N) is 1. The van der Waals surface area contributed by atoms with Crippen molar-refractivity contribution >= 4 is 40.4 Å². The van der Waals surface area contributed by atoms with Crippen LogP contribution in [0.25, 0.3) is 28.2 Å². The summed E-state index contributed by atoms with van der Waals surface area (Å²) in [5, 5.41) is 9.26. The Labute approximate surface area is 212 Å². The van der Waals surface area contributed by atoms with Crippen LogP contribution in [0.4, 0.5) is 5.69 Å². The second-order valence-corrected chi connectivity index (χ2v) is 9.58. The van der Waals surface area contributed by atoms with E-state index in [4.69, 9.17) is 28.3 Å². The van der Waals surface area contributed by atoms with Crippen molar-refractivity contribution in [3.8, 4) is 22.5 Å². The molecule has 2 aromatic heterocycles. The van der Waals surface area contributed by atoms with Gasteiger partial charge in [-0.15, -0.1) is 5.10 Å². The van der Waals surface area contributed by atoms with Crippen LogP contribution in [-0.4, -0.2) is 20.1 Å². The first-order valence-electron chi connectivity index (χ1n) is 11.6. The van der Waals surface area contributed by atoms with Gasteiger partial charge in [-0.25, -0.2) is 4.52 Å². The number of amides is 1. The minimum Gasteiger partial charge on any atom is -0.321 e. The Hall–Kier alpha value is -3.54. The molecule has 1 aliphatic rings. The first-order valence-corrected chi connectivity index (χ1v) is 12.4. The molecule has 0 bridgehead atoms. The highest BCUT2D eigenvalue weighted by molar-refractivity contribution is 6.31. The van der Waals surface area contributed by atoms with Gasteiger partial charge in [0.2, 0.25) is 0 Å². The quantitative estimate of drug-likeness (QED) is 0.280. The number of anilines is 1. The van der Waals surface area contributed by atoms with Gasteiger partial charge in [0.15, 0.2) is 5.82 Å². The highest BCUT2D eigenvalue weighted by Gasteiger charge is 2.30. The molecule has 0 unspecified atom stereocenters. The summed E-state index contributed by atoms with van der Waals surface area (Å²) in [4.78, 5) is 13.8. The van der Waals surface area contributed by atoms with Gasteiger partial charge in [0.05, 0.1) is 0 Å². The molecule has 0 radical (unpaired) electrons. The zero-order valence-electron chi connectivity index (χ0n) is 18.8. The molecule has 7 heteroatoms. The highest BCUT2D eigenvalue weighted by atomic mass is 35.5. The molecule has 5 nitrogen and oxygen atoms in total. The van der Waals surface area contributed by atoms with Gasteiger partial charge in [-0.1, -0.05) is 71.7 Å². The number of aromatic nitrogens is 3. The topological polar surface area (TPSA) is 51.3 Å². The number of nitrogens with zero attached hydrogens (tertiary/aromatic N) is 3.